The maximum absolute atomic E-state index is 11.5. The van der Waals surface area contributed by atoms with Crippen molar-refractivity contribution in [3.8, 4) is 5.75 Å². The van der Waals surface area contributed by atoms with Crippen molar-refractivity contribution in [2.24, 2.45) is 5.92 Å². The van der Waals surface area contributed by atoms with Crippen LogP contribution in [0, 0.1) is 5.92 Å². The van der Waals surface area contributed by atoms with Gasteiger partial charge in [0.15, 0.2) is 0 Å². The van der Waals surface area contributed by atoms with E-state index in [1.165, 1.54) is 62.3 Å². The van der Waals surface area contributed by atoms with Gasteiger partial charge in [0.05, 0.1) is 0 Å². The normalized spacial score (nSPS) is 28.3. The zero-order valence-corrected chi connectivity index (χ0v) is 17.4. The molecule has 0 N–H and O–H groups in total. The standard InChI is InChI=1S/C26H31NO2/c1-19(28)29-22-11-10-21-17-25-23-9-5-6-13-26(23,24(21)18-22)14-16-27(25)15-12-20-7-3-2-4-8-20/h2-4,7-8,10-11,18,23,25H,5-6,9,12-17H2,1H3/t23-,25+,26-/m0/s1. The van der Waals surface area contributed by atoms with Gasteiger partial charge >= 0.3 is 5.97 Å². The number of esters is 1. The van der Waals surface area contributed by atoms with Gasteiger partial charge in [0.1, 0.15) is 5.75 Å². The maximum atomic E-state index is 11.5. The summed E-state index contributed by atoms with van der Waals surface area (Å²) in [5, 5.41) is 0. The van der Waals surface area contributed by atoms with Crippen LogP contribution in [0.3, 0.4) is 0 Å². The molecule has 0 spiro atoms. The van der Waals surface area contributed by atoms with Crippen molar-refractivity contribution in [1.82, 2.24) is 4.90 Å². The summed E-state index contributed by atoms with van der Waals surface area (Å²) in [6.07, 6.45) is 8.81. The van der Waals surface area contributed by atoms with Crippen LogP contribution in [0.15, 0.2) is 48.5 Å². The van der Waals surface area contributed by atoms with Crippen LogP contribution in [0.2, 0.25) is 0 Å². The van der Waals surface area contributed by atoms with E-state index < -0.39 is 0 Å². The molecule has 2 fully saturated rings. The number of likely N-dealkylation sites (tertiary alicyclic amines) is 1. The number of rotatable bonds is 4. The van der Waals surface area contributed by atoms with Gasteiger partial charge in [0.2, 0.25) is 0 Å². The van der Waals surface area contributed by atoms with E-state index in [1.807, 2.05) is 6.07 Å². The fourth-order valence-corrected chi connectivity index (χ4v) is 6.49. The lowest BCUT2D eigenvalue weighted by Gasteiger charge is -2.59. The molecule has 0 amide bonds. The Morgan fingerprint density at radius 2 is 2.00 bits per heavy atom. The molecule has 1 heterocycles. The molecule has 2 aromatic rings. The second kappa shape index (κ2) is 7.60. The van der Waals surface area contributed by atoms with E-state index >= 15 is 0 Å². The minimum absolute atomic E-state index is 0.230. The van der Waals surface area contributed by atoms with Gasteiger partial charge in [-0.2, -0.15) is 0 Å². The Morgan fingerprint density at radius 3 is 2.83 bits per heavy atom. The average molecular weight is 390 g/mol. The van der Waals surface area contributed by atoms with E-state index in [0.29, 0.717) is 6.04 Å². The summed E-state index contributed by atoms with van der Waals surface area (Å²) in [5.41, 5.74) is 4.69. The largest absolute Gasteiger partial charge is 0.427 e. The topological polar surface area (TPSA) is 29.5 Å². The van der Waals surface area contributed by atoms with E-state index in [2.05, 4.69) is 47.4 Å². The van der Waals surface area contributed by atoms with Gasteiger partial charge in [-0.1, -0.05) is 49.2 Å². The van der Waals surface area contributed by atoms with Crippen molar-refractivity contribution >= 4 is 5.97 Å². The molecule has 3 nitrogen and oxygen atoms in total. The van der Waals surface area contributed by atoms with Crippen LogP contribution in [0.25, 0.3) is 0 Å². The summed E-state index contributed by atoms with van der Waals surface area (Å²) in [5.74, 6) is 1.23. The van der Waals surface area contributed by atoms with Crippen molar-refractivity contribution < 1.29 is 9.53 Å². The molecule has 3 aliphatic rings. The molecule has 3 heteroatoms. The van der Waals surface area contributed by atoms with Gasteiger partial charge in [0.25, 0.3) is 0 Å². The Morgan fingerprint density at radius 1 is 1.14 bits per heavy atom. The Labute approximate surface area is 174 Å². The predicted molar refractivity (Wildman–Crippen MR) is 115 cm³/mol. The number of hydrogen-bond acceptors (Lipinski definition) is 3. The monoisotopic (exact) mass is 389 g/mol. The fraction of sp³-hybridized carbons (Fsp3) is 0.500. The number of hydrogen-bond donors (Lipinski definition) is 0. The summed E-state index contributed by atoms with van der Waals surface area (Å²) in [6, 6.07) is 18.0. The maximum Gasteiger partial charge on any atom is 0.308 e. The Kier molecular flexibility index (Phi) is 4.95. The Hall–Kier alpha value is -2.13. The number of carbonyl (C=O) groups is 1. The Balaban J connectivity index is 1.44. The van der Waals surface area contributed by atoms with Crippen LogP contribution in [-0.4, -0.2) is 30.0 Å². The highest BCUT2D eigenvalue weighted by atomic mass is 16.5. The van der Waals surface area contributed by atoms with Crippen LogP contribution >= 0.6 is 0 Å². The highest BCUT2D eigenvalue weighted by Gasteiger charge is 2.53. The molecule has 0 unspecified atom stereocenters. The SMILES string of the molecule is CC(=O)Oc1ccc2c(c1)[C@]13CCCC[C@H]1[C@@H](C2)N(CCc1ccccc1)CC3. The van der Waals surface area contributed by atoms with Crippen LogP contribution in [-0.2, 0) is 23.1 Å². The van der Waals surface area contributed by atoms with E-state index in [1.54, 1.807) is 0 Å². The number of fused-ring (bicyclic) bond motifs is 1. The first kappa shape index (κ1) is 18.9. The van der Waals surface area contributed by atoms with E-state index in [0.717, 1.165) is 31.1 Å². The molecule has 1 aliphatic heterocycles. The lowest BCUT2D eigenvalue weighted by atomic mass is 9.52. The molecule has 2 aliphatic carbocycles. The quantitative estimate of drug-likeness (QED) is 0.549. The zero-order valence-electron chi connectivity index (χ0n) is 17.4. The highest BCUT2D eigenvalue weighted by molar-refractivity contribution is 5.69. The molecule has 0 radical (unpaired) electrons. The van der Waals surface area contributed by atoms with Crippen LogP contribution < -0.4 is 4.74 Å². The van der Waals surface area contributed by atoms with Gasteiger partial charge in [-0.15, -0.1) is 0 Å². The summed E-state index contributed by atoms with van der Waals surface area (Å²) in [4.78, 5) is 14.3. The lowest BCUT2D eigenvalue weighted by Crippen LogP contribution is -2.61. The van der Waals surface area contributed by atoms with Crippen molar-refractivity contribution in [1.29, 1.82) is 0 Å². The van der Waals surface area contributed by atoms with Crippen molar-refractivity contribution in [3.05, 3.63) is 65.2 Å². The zero-order chi connectivity index (χ0) is 19.8. The summed E-state index contributed by atoms with van der Waals surface area (Å²) >= 11 is 0. The first-order chi connectivity index (χ1) is 14.2. The van der Waals surface area contributed by atoms with Gasteiger partial charge in [-0.25, -0.2) is 0 Å². The molecule has 152 valence electrons. The average Bonchev–Trinajstić information content (AvgIpc) is 2.74. The molecule has 1 saturated heterocycles. The molecule has 3 atom stereocenters. The van der Waals surface area contributed by atoms with Crippen LogP contribution in [0.5, 0.6) is 5.75 Å². The highest BCUT2D eigenvalue weighted by Crippen LogP contribution is 2.56. The second-order valence-electron chi connectivity index (χ2n) is 9.21. The van der Waals surface area contributed by atoms with Crippen molar-refractivity contribution in [2.75, 3.05) is 13.1 Å². The number of piperidine rings is 1. The number of nitrogens with zero attached hydrogens (tertiary/aromatic N) is 1. The Bertz CT molecular complexity index is 893. The van der Waals surface area contributed by atoms with Crippen molar-refractivity contribution in [3.63, 3.8) is 0 Å². The smallest absolute Gasteiger partial charge is 0.308 e. The van der Waals surface area contributed by atoms with Gasteiger partial charge in [-0.05, 0) is 73.4 Å². The van der Waals surface area contributed by atoms with E-state index in [9.17, 15) is 4.79 Å². The fourth-order valence-electron chi connectivity index (χ4n) is 6.49. The number of ether oxygens (including phenoxy) is 1. The van der Waals surface area contributed by atoms with E-state index in [4.69, 9.17) is 4.74 Å². The molecule has 29 heavy (non-hydrogen) atoms. The van der Waals surface area contributed by atoms with Crippen LogP contribution in [0.4, 0.5) is 0 Å². The number of carbonyl (C=O) groups excluding carboxylic acids is 1. The van der Waals surface area contributed by atoms with E-state index in [-0.39, 0.29) is 11.4 Å². The first-order valence-corrected chi connectivity index (χ1v) is 11.3. The third kappa shape index (κ3) is 3.40. The summed E-state index contributed by atoms with van der Waals surface area (Å²) in [7, 11) is 0. The molecule has 2 bridgehead atoms. The summed E-state index contributed by atoms with van der Waals surface area (Å²) < 4.78 is 5.45. The third-order valence-electron chi connectivity index (χ3n) is 7.72. The van der Waals surface area contributed by atoms with Gasteiger partial charge in [0, 0.05) is 24.9 Å². The molecular weight excluding hydrogens is 358 g/mol. The van der Waals surface area contributed by atoms with Gasteiger partial charge < -0.3 is 4.74 Å². The first-order valence-electron chi connectivity index (χ1n) is 11.3. The molecule has 2 aromatic carbocycles. The lowest BCUT2D eigenvalue weighted by molar-refractivity contribution is -0.131. The second-order valence-corrected chi connectivity index (χ2v) is 9.21. The summed E-state index contributed by atoms with van der Waals surface area (Å²) in [6.45, 7) is 3.83. The molecular formula is C26H31NO2. The molecule has 5 rings (SSSR count). The third-order valence-corrected chi connectivity index (χ3v) is 7.72. The molecule has 1 saturated carbocycles. The minimum Gasteiger partial charge on any atom is -0.427 e. The minimum atomic E-state index is -0.230. The predicted octanol–water partition coefficient (Wildman–Crippen LogP) is 4.91. The van der Waals surface area contributed by atoms with Crippen LogP contribution in [0.1, 0.15) is 55.7 Å². The molecule has 0 aromatic heterocycles. The van der Waals surface area contributed by atoms with Gasteiger partial charge in [-0.3, -0.25) is 9.69 Å². The van der Waals surface area contributed by atoms with Crippen molar-refractivity contribution in [2.45, 2.75) is 63.3 Å². The number of benzene rings is 2.